The van der Waals surface area contributed by atoms with Crippen LogP contribution in [0.4, 0.5) is 0 Å². The molecule has 0 atom stereocenters. The van der Waals surface area contributed by atoms with Gasteiger partial charge in [0.05, 0.1) is 0 Å². The summed E-state index contributed by atoms with van der Waals surface area (Å²) in [6.07, 6.45) is 4.44. The lowest BCUT2D eigenvalue weighted by Crippen LogP contribution is -2.31. The van der Waals surface area contributed by atoms with Gasteiger partial charge < -0.3 is 10.2 Å². The summed E-state index contributed by atoms with van der Waals surface area (Å²) in [5, 5.41) is 2.84. The van der Waals surface area contributed by atoms with Gasteiger partial charge >= 0.3 is 0 Å². The first-order valence-corrected chi connectivity index (χ1v) is 5.96. The largest absolute Gasteiger partial charge is 0.356 e. The standard InChI is InChI=1S/C13H20N2O2/c1-10(2)6-8-14-12(16)7-9-15-11(3)4-5-13(15)17/h4-5,10H,3,6-9H2,1-2H3,(H,14,16). The fourth-order valence-corrected chi connectivity index (χ4v) is 1.54. The number of amides is 2. The third-order valence-corrected chi connectivity index (χ3v) is 2.64. The fraction of sp³-hybridized carbons (Fsp3) is 0.538. The minimum absolute atomic E-state index is 0.0156. The lowest BCUT2D eigenvalue weighted by Gasteiger charge is -2.16. The maximum atomic E-state index is 11.5. The van der Waals surface area contributed by atoms with Gasteiger partial charge in [-0.3, -0.25) is 9.59 Å². The zero-order valence-corrected chi connectivity index (χ0v) is 10.5. The number of allylic oxidation sites excluding steroid dienone is 1. The Bertz CT molecular complexity index is 327. The summed E-state index contributed by atoms with van der Waals surface area (Å²) in [5.41, 5.74) is 0.657. The molecule has 0 fully saturated rings. The summed E-state index contributed by atoms with van der Waals surface area (Å²) in [7, 11) is 0. The number of nitrogens with zero attached hydrogens (tertiary/aromatic N) is 1. The molecule has 0 saturated heterocycles. The third kappa shape index (κ3) is 4.43. The van der Waals surface area contributed by atoms with Gasteiger partial charge in [-0.15, -0.1) is 0 Å². The van der Waals surface area contributed by atoms with Gasteiger partial charge in [-0.2, -0.15) is 0 Å². The molecule has 0 bridgehead atoms. The first kappa shape index (κ1) is 13.5. The van der Waals surface area contributed by atoms with Crippen molar-refractivity contribution in [2.75, 3.05) is 13.1 Å². The van der Waals surface area contributed by atoms with E-state index in [2.05, 4.69) is 25.7 Å². The van der Waals surface area contributed by atoms with Crippen LogP contribution < -0.4 is 5.32 Å². The van der Waals surface area contributed by atoms with Gasteiger partial charge in [-0.25, -0.2) is 0 Å². The summed E-state index contributed by atoms with van der Waals surface area (Å²) in [6.45, 7) is 9.07. The van der Waals surface area contributed by atoms with Crippen molar-refractivity contribution in [3.05, 3.63) is 24.4 Å². The van der Waals surface area contributed by atoms with Crippen LogP contribution in [0.2, 0.25) is 0 Å². The molecule has 0 radical (unpaired) electrons. The van der Waals surface area contributed by atoms with Crippen molar-refractivity contribution in [3.63, 3.8) is 0 Å². The van der Waals surface area contributed by atoms with Crippen LogP contribution in [0.1, 0.15) is 26.7 Å². The van der Waals surface area contributed by atoms with Gasteiger partial charge in [0.1, 0.15) is 0 Å². The van der Waals surface area contributed by atoms with Gasteiger partial charge in [0.15, 0.2) is 0 Å². The average Bonchev–Trinajstić information content (AvgIpc) is 2.55. The van der Waals surface area contributed by atoms with E-state index in [1.54, 1.807) is 6.08 Å². The molecule has 0 aromatic rings. The van der Waals surface area contributed by atoms with E-state index >= 15 is 0 Å². The van der Waals surface area contributed by atoms with Crippen LogP contribution >= 0.6 is 0 Å². The smallest absolute Gasteiger partial charge is 0.251 e. The fourth-order valence-electron chi connectivity index (χ4n) is 1.54. The number of carbonyl (C=O) groups excluding carboxylic acids is 2. The van der Waals surface area contributed by atoms with E-state index in [9.17, 15) is 9.59 Å². The second-order valence-corrected chi connectivity index (χ2v) is 4.60. The molecule has 4 heteroatoms. The molecule has 2 amide bonds. The van der Waals surface area contributed by atoms with E-state index in [4.69, 9.17) is 0 Å². The molecule has 94 valence electrons. The highest BCUT2D eigenvalue weighted by molar-refractivity contribution is 5.93. The third-order valence-electron chi connectivity index (χ3n) is 2.64. The molecule has 1 aliphatic rings. The Morgan fingerprint density at radius 1 is 1.47 bits per heavy atom. The minimum atomic E-state index is -0.0926. The molecule has 0 aromatic carbocycles. The highest BCUT2D eigenvalue weighted by Crippen LogP contribution is 2.12. The van der Waals surface area contributed by atoms with Crippen molar-refractivity contribution < 1.29 is 9.59 Å². The Balaban J connectivity index is 2.20. The van der Waals surface area contributed by atoms with Gasteiger partial charge in [0.2, 0.25) is 5.91 Å². The quantitative estimate of drug-likeness (QED) is 0.759. The van der Waals surface area contributed by atoms with Crippen molar-refractivity contribution >= 4 is 11.8 Å². The number of nitrogens with one attached hydrogen (secondary N) is 1. The molecule has 1 heterocycles. The summed E-state index contributed by atoms with van der Waals surface area (Å²) >= 11 is 0. The minimum Gasteiger partial charge on any atom is -0.356 e. The maximum absolute atomic E-state index is 11.5. The average molecular weight is 236 g/mol. The predicted octanol–water partition coefficient (Wildman–Crippen LogP) is 1.45. The second kappa shape index (κ2) is 6.23. The molecule has 0 aromatic heterocycles. The zero-order valence-electron chi connectivity index (χ0n) is 10.5. The number of hydrogen-bond donors (Lipinski definition) is 1. The van der Waals surface area contributed by atoms with E-state index in [0.29, 0.717) is 31.1 Å². The maximum Gasteiger partial charge on any atom is 0.251 e. The monoisotopic (exact) mass is 236 g/mol. The van der Waals surface area contributed by atoms with E-state index in [0.717, 1.165) is 6.42 Å². The number of carbonyl (C=O) groups is 2. The topological polar surface area (TPSA) is 49.4 Å². The lowest BCUT2D eigenvalue weighted by atomic mass is 10.1. The van der Waals surface area contributed by atoms with E-state index < -0.39 is 0 Å². The van der Waals surface area contributed by atoms with E-state index in [1.807, 2.05) is 0 Å². The van der Waals surface area contributed by atoms with Crippen LogP contribution in [-0.2, 0) is 9.59 Å². The molecule has 0 spiro atoms. The second-order valence-electron chi connectivity index (χ2n) is 4.60. The highest BCUT2D eigenvalue weighted by Gasteiger charge is 2.18. The van der Waals surface area contributed by atoms with Gasteiger partial charge in [0.25, 0.3) is 5.91 Å². The van der Waals surface area contributed by atoms with Crippen LogP contribution in [0.25, 0.3) is 0 Å². The summed E-state index contributed by atoms with van der Waals surface area (Å²) in [5.74, 6) is 0.475. The molecule has 0 saturated carbocycles. The normalized spacial score (nSPS) is 14.9. The van der Waals surface area contributed by atoms with Crippen LogP contribution in [0, 0.1) is 5.92 Å². The van der Waals surface area contributed by atoms with Crippen molar-refractivity contribution in [1.29, 1.82) is 0 Å². The van der Waals surface area contributed by atoms with Crippen LogP contribution in [0.3, 0.4) is 0 Å². The number of rotatable bonds is 6. The summed E-state index contributed by atoms with van der Waals surface area (Å²) < 4.78 is 0. The zero-order chi connectivity index (χ0) is 12.8. The van der Waals surface area contributed by atoms with Crippen molar-refractivity contribution in [1.82, 2.24) is 10.2 Å². The molecule has 0 unspecified atom stereocenters. The molecule has 1 aliphatic heterocycles. The Hall–Kier alpha value is -1.58. The predicted molar refractivity (Wildman–Crippen MR) is 67.1 cm³/mol. The van der Waals surface area contributed by atoms with Crippen molar-refractivity contribution in [2.45, 2.75) is 26.7 Å². The van der Waals surface area contributed by atoms with E-state index in [1.165, 1.54) is 11.0 Å². The lowest BCUT2D eigenvalue weighted by molar-refractivity contribution is -0.124. The summed E-state index contributed by atoms with van der Waals surface area (Å²) in [4.78, 5) is 24.4. The Labute approximate surface area is 102 Å². The molecule has 4 nitrogen and oxygen atoms in total. The van der Waals surface area contributed by atoms with Crippen LogP contribution in [-0.4, -0.2) is 29.8 Å². The first-order chi connectivity index (χ1) is 8.00. The van der Waals surface area contributed by atoms with E-state index in [-0.39, 0.29) is 11.8 Å². The van der Waals surface area contributed by atoms with Gasteiger partial charge in [-0.1, -0.05) is 20.4 Å². The van der Waals surface area contributed by atoms with Crippen molar-refractivity contribution in [2.24, 2.45) is 5.92 Å². The Morgan fingerprint density at radius 3 is 2.71 bits per heavy atom. The highest BCUT2D eigenvalue weighted by atomic mass is 16.2. The molecular formula is C13H20N2O2. The summed E-state index contributed by atoms with van der Waals surface area (Å²) in [6, 6.07) is 0. The van der Waals surface area contributed by atoms with Crippen molar-refractivity contribution in [3.8, 4) is 0 Å². The first-order valence-electron chi connectivity index (χ1n) is 5.96. The Morgan fingerprint density at radius 2 is 2.18 bits per heavy atom. The molecule has 17 heavy (non-hydrogen) atoms. The van der Waals surface area contributed by atoms with Crippen LogP contribution in [0.5, 0.6) is 0 Å². The van der Waals surface area contributed by atoms with Gasteiger partial charge in [0, 0.05) is 31.3 Å². The number of hydrogen-bond acceptors (Lipinski definition) is 2. The SMILES string of the molecule is C=C1C=CC(=O)N1CCC(=O)NCCC(C)C. The Kier molecular flexibility index (Phi) is 4.94. The molecule has 1 N–H and O–H groups in total. The molecule has 0 aliphatic carbocycles. The van der Waals surface area contributed by atoms with Gasteiger partial charge in [-0.05, 0) is 18.4 Å². The molecule has 1 rings (SSSR count). The molecular weight excluding hydrogens is 216 g/mol. The van der Waals surface area contributed by atoms with Crippen LogP contribution in [0.15, 0.2) is 24.4 Å².